The van der Waals surface area contributed by atoms with E-state index in [-0.39, 0.29) is 11.7 Å². The average molecular weight is 345 g/mol. The smallest absolute Gasteiger partial charge is 0.263 e. The number of carbonyl (C=O) groups is 1. The number of hydrogen-bond acceptors (Lipinski definition) is 5. The molecule has 1 amide bonds. The van der Waals surface area contributed by atoms with E-state index in [4.69, 9.17) is 12.2 Å². The Hall–Kier alpha value is -1.76. The lowest BCUT2D eigenvalue weighted by molar-refractivity contribution is -0.115. The van der Waals surface area contributed by atoms with Gasteiger partial charge in [-0.05, 0) is 42.0 Å². The molecule has 22 heavy (non-hydrogen) atoms. The van der Waals surface area contributed by atoms with Crippen LogP contribution in [0.5, 0.6) is 5.75 Å². The summed E-state index contributed by atoms with van der Waals surface area (Å²) in [6.07, 6.45) is 1.85. The predicted octanol–water partition coefficient (Wildman–Crippen LogP) is 4.03. The Morgan fingerprint density at radius 3 is 2.55 bits per heavy atom. The molecule has 2 N–H and O–H groups in total. The first kappa shape index (κ1) is 15.1. The molecule has 0 bridgehead atoms. The number of thioether (sulfide) groups is 1. The van der Waals surface area contributed by atoms with E-state index < -0.39 is 0 Å². The third kappa shape index (κ3) is 3.52. The first-order chi connectivity index (χ1) is 10.6. The maximum Gasteiger partial charge on any atom is 0.263 e. The number of aromatic hydroxyl groups is 1. The molecule has 1 heterocycles. The van der Waals surface area contributed by atoms with Crippen LogP contribution in [0.1, 0.15) is 5.56 Å². The Kier molecular flexibility index (Phi) is 4.52. The molecule has 0 aliphatic carbocycles. The van der Waals surface area contributed by atoms with E-state index in [0.717, 1.165) is 15.4 Å². The van der Waals surface area contributed by atoms with E-state index in [1.54, 1.807) is 23.9 Å². The Bertz CT molecular complexity index is 769. The van der Waals surface area contributed by atoms with Crippen molar-refractivity contribution < 1.29 is 9.90 Å². The molecule has 2 aromatic carbocycles. The Labute approximate surface area is 141 Å². The molecule has 1 fully saturated rings. The molecule has 2 aromatic rings. The van der Waals surface area contributed by atoms with Crippen molar-refractivity contribution in [2.24, 2.45) is 0 Å². The van der Waals surface area contributed by atoms with Gasteiger partial charge >= 0.3 is 0 Å². The summed E-state index contributed by atoms with van der Waals surface area (Å²) in [5, 5.41) is 12.0. The lowest BCUT2D eigenvalue weighted by Gasteiger charge is -2.06. The highest BCUT2D eigenvalue weighted by atomic mass is 32.2. The molecule has 1 saturated heterocycles. The second kappa shape index (κ2) is 6.56. The first-order valence-electron chi connectivity index (χ1n) is 6.42. The van der Waals surface area contributed by atoms with Crippen LogP contribution in [0.4, 0.5) is 0 Å². The SMILES string of the molecule is O=C1NC(=S)SC1=Cc1ccccc1Sc1ccc(O)cc1. The predicted molar refractivity (Wildman–Crippen MR) is 95.0 cm³/mol. The van der Waals surface area contributed by atoms with Crippen LogP contribution >= 0.6 is 35.7 Å². The number of nitrogens with one attached hydrogen (secondary N) is 1. The minimum Gasteiger partial charge on any atom is -0.508 e. The Balaban J connectivity index is 1.90. The molecule has 0 radical (unpaired) electrons. The minimum absolute atomic E-state index is 0.153. The topological polar surface area (TPSA) is 49.3 Å². The molecular formula is C16H11NO2S3. The van der Waals surface area contributed by atoms with E-state index in [0.29, 0.717) is 9.23 Å². The number of rotatable bonds is 3. The van der Waals surface area contributed by atoms with Crippen molar-refractivity contribution in [2.75, 3.05) is 0 Å². The molecule has 3 rings (SSSR count). The van der Waals surface area contributed by atoms with Crippen LogP contribution in [0.2, 0.25) is 0 Å². The summed E-state index contributed by atoms with van der Waals surface area (Å²) in [7, 11) is 0. The van der Waals surface area contributed by atoms with E-state index in [1.807, 2.05) is 42.5 Å². The highest BCUT2D eigenvalue weighted by Gasteiger charge is 2.22. The van der Waals surface area contributed by atoms with E-state index in [2.05, 4.69) is 5.32 Å². The van der Waals surface area contributed by atoms with Gasteiger partial charge in [-0.1, -0.05) is 53.9 Å². The van der Waals surface area contributed by atoms with Gasteiger partial charge in [-0.15, -0.1) is 0 Å². The molecule has 0 unspecified atom stereocenters. The molecule has 0 aromatic heterocycles. The first-order valence-corrected chi connectivity index (χ1v) is 8.47. The van der Waals surface area contributed by atoms with Crippen LogP contribution in [0.25, 0.3) is 6.08 Å². The van der Waals surface area contributed by atoms with Crippen LogP contribution in [0, 0.1) is 0 Å². The zero-order valence-corrected chi connectivity index (χ0v) is 13.7. The minimum atomic E-state index is -0.153. The fourth-order valence-electron chi connectivity index (χ4n) is 1.90. The summed E-state index contributed by atoms with van der Waals surface area (Å²) in [6, 6.07) is 14.9. The quantitative estimate of drug-likeness (QED) is 0.650. The number of phenols is 1. The van der Waals surface area contributed by atoms with Crippen LogP contribution in [0.15, 0.2) is 63.2 Å². The zero-order valence-electron chi connectivity index (χ0n) is 11.3. The van der Waals surface area contributed by atoms with Gasteiger partial charge in [-0.25, -0.2) is 0 Å². The van der Waals surface area contributed by atoms with Crippen molar-refractivity contribution in [3.8, 4) is 5.75 Å². The highest BCUT2D eigenvalue weighted by Crippen LogP contribution is 2.34. The van der Waals surface area contributed by atoms with Gasteiger partial charge in [0, 0.05) is 9.79 Å². The van der Waals surface area contributed by atoms with Crippen molar-refractivity contribution in [1.82, 2.24) is 5.32 Å². The maximum absolute atomic E-state index is 11.8. The van der Waals surface area contributed by atoms with Crippen molar-refractivity contribution in [3.63, 3.8) is 0 Å². The molecule has 0 atom stereocenters. The number of benzene rings is 2. The lowest BCUT2D eigenvalue weighted by atomic mass is 10.2. The van der Waals surface area contributed by atoms with Crippen LogP contribution in [-0.2, 0) is 4.79 Å². The maximum atomic E-state index is 11.8. The zero-order chi connectivity index (χ0) is 15.5. The van der Waals surface area contributed by atoms with Crippen molar-refractivity contribution in [3.05, 3.63) is 59.0 Å². The normalized spacial score (nSPS) is 16.1. The van der Waals surface area contributed by atoms with Gasteiger partial charge in [-0.2, -0.15) is 0 Å². The number of hydrogen-bond donors (Lipinski definition) is 2. The van der Waals surface area contributed by atoms with Gasteiger partial charge in [0.25, 0.3) is 5.91 Å². The Morgan fingerprint density at radius 1 is 1.14 bits per heavy atom. The summed E-state index contributed by atoms with van der Waals surface area (Å²) in [5.41, 5.74) is 0.961. The Morgan fingerprint density at radius 2 is 1.86 bits per heavy atom. The summed E-state index contributed by atoms with van der Waals surface area (Å²) in [4.78, 5) is 14.4. The molecule has 3 nitrogen and oxygen atoms in total. The second-order valence-electron chi connectivity index (χ2n) is 4.49. The van der Waals surface area contributed by atoms with Gasteiger partial charge in [0.15, 0.2) is 0 Å². The fraction of sp³-hybridized carbons (Fsp3) is 0. The van der Waals surface area contributed by atoms with Gasteiger partial charge in [0.05, 0.1) is 4.91 Å². The molecule has 1 aliphatic heterocycles. The van der Waals surface area contributed by atoms with E-state index in [1.165, 1.54) is 11.8 Å². The van der Waals surface area contributed by atoms with Crippen molar-refractivity contribution in [2.45, 2.75) is 9.79 Å². The highest BCUT2D eigenvalue weighted by molar-refractivity contribution is 8.26. The average Bonchev–Trinajstić information content (AvgIpc) is 2.81. The summed E-state index contributed by atoms with van der Waals surface area (Å²) >= 11 is 7.85. The largest absolute Gasteiger partial charge is 0.508 e. The standard InChI is InChI=1S/C16H11NO2S3/c18-11-5-7-12(8-6-11)21-13-4-2-1-3-10(13)9-14-15(19)17-16(20)22-14/h1-9,18H,(H,17,19,20). The van der Waals surface area contributed by atoms with Crippen LogP contribution < -0.4 is 5.32 Å². The fourth-order valence-corrected chi connectivity index (χ4v) is 3.85. The summed E-state index contributed by atoms with van der Waals surface area (Å²) in [5.74, 6) is 0.0896. The van der Waals surface area contributed by atoms with E-state index >= 15 is 0 Å². The van der Waals surface area contributed by atoms with Gasteiger partial charge in [0.2, 0.25) is 0 Å². The number of thiocarbonyl (C=S) groups is 1. The van der Waals surface area contributed by atoms with Crippen molar-refractivity contribution in [1.29, 1.82) is 0 Å². The number of phenolic OH excluding ortho intramolecular Hbond substituents is 1. The van der Waals surface area contributed by atoms with Gasteiger partial charge in [0.1, 0.15) is 10.1 Å². The molecule has 0 spiro atoms. The third-order valence-corrected chi connectivity index (χ3v) is 5.17. The monoisotopic (exact) mass is 345 g/mol. The van der Waals surface area contributed by atoms with Crippen molar-refractivity contribution >= 4 is 52.0 Å². The number of carbonyl (C=O) groups excluding carboxylic acids is 1. The molecule has 1 aliphatic rings. The molecular weight excluding hydrogens is 334 g/mol. The number of amides is 1. The molecule has 0 saturated carbocycles. The summed E-state index contributed by atoms with van der Waals surface area (Å²) < 4.78 is 0.486. The van der Waals surface area contributed by atoms with Gasteiger partial charge < -0.3 is 10.4 Å². The van der Waals surface area contributed by atoms with Crippen LogP contribution in [0.3, 0.4) is 0 Å². The second-order valence-corrected chi connectivity index (χ2v) is 7.32. The van der Waals surface area contributed by atoms with Gasteiger partial charge in [-0.3, -0.25) is 4.79 Å². The summed E-state index contributed by atoms with van der Waals surface area (Å²) in [6.45, 7) is 0. The lowest BCUT2D eigenvalue weighted by Crippen LogP contribution is -2.17. The third-order valence-electron chi connectivity index (χ3n) is 2.91. The molecule has 6 heteroatoms. The van der Waals surface area contributed by atoms with E-state index in [9.17, 15) is 9.90 Å². The van der Waals surface area contributed by atoms with Crippen LogP contribution in [-0.4, -0.2) is 15.3 Å². The molecule has 110 valence electrons.